The van der Waals surface area contributed by atoms with E-state index in [1.807, 2.05) is 25.3 Å². The van der Waals surface area contributed by atoms with E-state index in [4.69, 9.17) is 11.6 Å². The van der Waals surface area contributed by atoms with Crippen molar-refractivity contribution >= 4 is 38.4 Å². The van der Waals surface area contributed by atoms with Crippen LogP contribution in [0.15, 0.2) is 35.1 Å². The Kier molecular flexibility index (Phi) is 2.84. The SMILES string of the molecule is Cc1cnc(Cl)nc1-c1c[nH]c2cc(Br)ccc12. The van der Waals surface area contributed by atoms with E-state index < -0.39 is 0 Å². The average molecular weight is 323 g/mol. The lowest BCUT2D eigenvalue weighted by Gasteiger charge is -2.03. The second kappa shape index (κ2) is 4.37. The largest absolute Gasteiger partial charge is 0.360 e. The fourth-order valence-electron chi connectivity index (χ4n) is 1.99. The second-order valence-corrected chi connectivity index (χ2v) is 5.32. The minimum atomic E-state index is 0.266. The number of aromatic amines is 1. The summed E-state index contributed by atoms with van der Waals surface area (Å²) < 4.78 is 1.04. The molecule has 0 aliphatic rings. The minimum absolute atomic E-state index is 0.266. The molecule has 90 valence electrons. The maximum atomic E-state index is 5.87. The summed E-state index contributed by atoms with van der Waals surface area (Å²) in [5.74, 6) is 0. The maximum Gasteiger partial charge on any atom is 0.222 e. The van der Waals surface area contributed by atoms with E-state index in [2.05, 4.69) is 36.9 Å². The minimum Gasteiger partial charge on any atom is -0.360 e. The van der Waals surface area contributed by atoms with Gasteiger partial charge in [0, 0.05) is 33.3 Å². The zero-order valence-corrected chi connectivity index (χ0v) is 11.9. The molecule has 1 aromatic carbocycles. The molecule has 0 radical (unpaired) electrons. The van der Waals surface area contributed by atoms with E-state index in [9.17, 15) is 0 Å². The van der Waals surface area contributed by atoms with E-state index in [-0.39, 0.29) is 5.28 Å². The van der Waals surface area contributed by atoms with Crippen molar-refractivity contribution in [1.29, 1.82) is 0 Å². The highest BCUT2D eigenvalue weighted by molar-refractivity contribution is 9.10. The van der Waals surface area contributed by atoms with Crippen LogP contribution in [0.3, 0.4) is 0 Å². The molecule has 3 rings (SSSR count). The predicted molar refractivity (Wildman–Crippen MR) is 76.8 cm³/mol. The van der Waals surface area contributed by atoms with Crippen molar-refractivity contribution < 1.29 is 0 Å². The molecule has 0 unspecified atom stereocenters. The van der Waals surface area contributed by atoms with Gasteiger partial charge in [-0.05, 0) is 36.2 Å². The molecule has 5 heteroatoms. The van der Waals surface area contributed by atoms with Gasteiger partial charge in [0.05, 0.1) is 5.69 Å². The molecule has 0 aliphatic heterocycles. The molecule has 0 bridgehead atoms. The molecule has 0 spiro atoms. The molecule has 0 atom stereocenters. The molecule has 18 heavy (non-hydrogen) atoms. The first kappa shape index (κ1) is 11.7. The summed E-state index contributed by atoms with van der Waals surface area (Å²) >= 11 is 9.33. The van der Waals surface area contributed by atoms with Crippen molar-refractivity contribution in [2.45, 2.75) is 6.92 Å². The Morgan fingerprint density at radius 1 is 1.33 bits per heavy atom. The predicted octanol–water partition coefficient (Wildman–Crippen LogP) is 4.35. The standard InChI is InChI=1S/C13H9BrClN3/c1-7-5-17-13(15)18-12(7)10-6-16-11-4-8(14)2-3-9(10)11/h2-6,16H,1H3. The molecular formula is C13H9BrClN3. The van der Waals surface area contributed by atoms with Gasteiger partial charge in [-0.2, -0.15) is 0 Å². The summed E-state index contributed by atoms with van der Waals surface area (Å²) in [6, 6.07) is 6.11. The van der Waals surface area contributed by atoms with Gasteiger partial charge in [-0.1, -0.05) is 22.0 Å². The molecule has 0 saturated heterocycles. The first-order valence-corrected chi connectivity index (χ1v) is 6.58. The Morgan fingerprint density at radius 3 is 3.00 bits per heavy atom. The second-order valence-electron chi connectivity index (χ2n) is 4.06. The van der Waals surface area contributed by atoms with Crippen molar-refractivity contribution in [3.63, 3.8) is 0 Å². The summed E-state index contributed by atoms with van der Waals surface area (Å²) in [4.78, 5) is 11.5. The number of nitrogens with one attached hydrogen (secondary N) is 1. The number of benzene rings is 1. The van der Waals surface area contributed by atoms with Crippen LogP contribution in [-0.4, -0.2) is 15.0 Å². The third-order valence-corrected chi connectivity index (χ3v) is 3.52. The third kappa shape index (κ3) is 1.91. The summed E-state index contributed by atoms with van der Waals surface area (Å²) in [6.07, 6.45) is 3.69. The Labute approximate surface area is 117 Å². The highest BCUT2D eigenvalue weighted by Crippen LogP contribution is 2.31. The molecule has 3 aromatic rings. The molecule has 0 saturated carbocycles. The van der Waals surface area contributed by atoms with Crippen LogP contribution < -0.4 is 0 Å². The number of hydrogen-bond donors (Lipinski definition) is 1. The quantitative estimate of drug-likeness (QED) is 0.677. The fourth-order valence-corrected chi connectivity index (χ4v) is 2.48. The molecule has 0 aliphatic carbocycles. The van der Waals surface area contributed by atoms with Gasteiger partial charge in [-0.3, -0.25) is 0 Å². The van der Waals surface area contributed by atoms with Gasteiger partial charge in [0.1, 0.15) is 0 Å². The first-order valence-electron chi connectivity index (χ1n) is 5.41. The summed E-state index contributed by atoms with van der Waals surface area (Å²) in [5, 5.41) is 1.39. The molecule has 0 fully saturated rings. The van der Waals surface area contributed by atoms with Crippen LogP contribution in [-0.2, 0) is 0 Å². The smallest absolute Gasteiger partial charge is 0.222 e. The van der Waals surface area contributed by atoms with E-state index in [1.54, 1.807) is 6.20 Å². The van der Waals surface area contributed by atoms with Crippen LogP contribution in [0.2, 0.25) is 5.28 Å². The molecule has 0 amide bonds. The number of nitrogens with zero attached hydrogens (tertiary/aromatic N) is 2. The lowest BCUT2D eigenvalue weighted by molar-refractivity contribution is 1.14. The number of fused-ring (bicyclic) bond motifs is 1. The first-order chi connectivity index (χ1) is 8.65. The number of halogens is 2. The van der Waals surface area contributed by atoms with E-state index in [0.717, 1.165) is 32.2 Å². The Balaban J connectivity index is 2.28. The normalized spacial score (nSPS) is 11.1. The molecule has 2 heterocycles. The summed E-state index contributed by atoms with van der Waals surface area (Å²) in [5.41, 5.74) is 3.97. The number of H-pyrrole nitrogens is 1. The van der Waals surface area contributed by atoms with E-state index in [1.165, 1.54) is 0 Å². The van der Waals surface area contributed by atoms with Gasteiger partial charge in [-0.15, -0.1) is 0 Å². The van der Waals surface area contributed by atoms with Crippen molar-refractivity contribution in [3.8, 4) is 11.3 Å². The van der Waals surface area contributed by atoms with Crippen molar-refractivity contribution in [2.75, 3.05) is 0 Å². The lowest BCUT2D eigenvalue weighted by Crippen LogP contribution is -1.90. The lowest BCUT2D eigenvalue weighted by atomic mass is 10.1. The summed E-state index contributed by atoms with van der Waals surface area (Å²) in [7, 11) is 0. The molecular weight excluding hydrogens is 314 g/mol. The van der Waals surface area contributed by atoms with Crippen molar-refractivity contribution in [1.82, 2.24) is 15.0 Å². The van der Waals surface area contributed by atoms with Crippen LogP contribution in [0.25, 0.3) is 22.2 Å². The van der Waals surface area contributed by atoms with Crippen LogP contribution in [0.4, 0.5) is 0 Å². The Hall–Kier alpha value is -1.39. The van der Waals surface area contributed by atoms with Crippen LogP contribution in [0, 0.1) is 6.92 Å². The highest BCUT2D eigenvalue weighted by Gasteiger charge is 2.11. The Morgan fingerprint density at radius 2 is 2.17 bits per heavy atom. The van der Waals surface area contributed by atoms with Crippen molar-refractivity contribution in [2.24, 2.45) is 0 Å². The van der Waals surface area contributed by atoms with Crippen molar-refractivity contribution in [3.05, 3.63) is 45.9 Å². The fraction of sp³-hybridized carbons (Fsp3) is 0.0769. The number of aryl methyl sites for hydroxylation is 1. The zero-order chi connectivity index (χ0) is 12.7. The number of hydrogen-bond acceptors (Lipinski definition) is 2. The Bertz CT molecular complexity index is 736. The van der Waals surface area contributed by atoms with Gasteiger partial charge >= 0.3 is 0 Å². The van der Waals surface area contributed by atoms with Gasteiger partial charge in [-0.25, -0.2) is 9.97 Å². The van der Waals surface area contributed by atoms with Gasteiger partial charge in [0.25, 0.3) is 0 Å². The highest BCUT2D eigenvalue weighted by atomic mass is 79.9. The monoisotopic (exact) mass is 321 g/mol. The zero-order valence-electron chi connectivity index (χ0n) is 9.54. The summed E-state index contributed by atoms with van der Waals surface area (Å²) in [6.45, 7) is 1.98. The topological polar surface area (TPSA) is 41.6 Å². The molecule has 1 N–H and O–H groups in total. The van der Waals surface area contributed by atoms with Crippen LogP contribution in [0.1, 0.15) is 5.56 Å². The van der Waals surface area contributed by atoms with Gasteiger partial charge in [0.2, 0.25) is 5.28 Å². The number of rotatable bonds is 1. The average Bonchev–Trinajstić information content (AvgIpc) is 2.75. The maximum absolute atomic E-state index is 5.87. The van der Waals surface area contributed by atoms with Gasteiger partial charge in [0.15, 0.2) is 0 Å². The molecule has 2 aromatic heterocycles. The van der Waals surface area contributed by atoms with Crippen LogP contribution in [0.5, 0.6) is 0 Å². The van der Waals surface area contributed by atoms with E-state index in [0.29, 0.717) is 0 Å². The van der Waals surface area contributed by atoms with E-state index >= 15 is 0 Å². The van der Waals surface area contributed by atoms with Crippen LogP contribution >= 0.6 is 27.5 Å². The number of aromatic nitrogens is 3. The van der Waals surface area contributed by atoms with Gasteiger partial charge < -0.3 is 4.98 Å². The molecule has 3 nitrogen and oxygen atoms in total. The third-order valence-electron chi connectivity index (χ3n) is 2.84.